The van der Waals surface area contributed by atoms with Gasteiger partial charge in [-0.2, -0.15) is 5.10 Å². The fourth-order valence-corrected chi connectivity index (χ4v) is 3.93. The van der Waals surface area contributed by atoms with Crippen LogP contribution >= 0.6 is 0 Å². The lowest BCUT2D eigenvalue weighted by Crippen LogP contribution is -2.49. The van der Waals surface area contributed by atoms with E-state index in [9.17, 15) is 9.90 Å². The van der Waals surface area contributed by atoms with Gasteiger partial charge in [0.2, 0.25) is 0 Å². The number of anilines is 1. The number of nitrogens with zero attached hydrogens (tertiary/aromatic N) is 5. The maximum atomic E-state index is 12.5. The van der Waals surface area contributed by atoms with Crippen molar-refractivity contribution < 1.29 is 9.90 Å². The number of hydrogen-bond acceptors (Lipinski definition) is 5. The molecular formula is C20H25N5O2. The van der Waals surface area contributed by atoms with Crippen molar-refractivity contribution in [1.29, 1.82) is 0 Å². The first-order valence-corrected chi connectivity index (χ1v) is 9.40. The highest BCUT2D eigenvalue weighted by Crippen LogP contribution is 2.33. The van der Waals surface area contributed by atoms with Crippen LogP contribution in [0.15, 0.2) is 48.0 Å². The molecule has 1 unspecified atom stereocenters. The molecule has 142 valence electrons. The molecule has 1 N–H and O–H groups in total. The first-order chi connectivity index (χ1) is 13.0. The molecule has 2 aliphatic rings. The SMILES string of the molecule is Cn1cnc(C(=O)N2CCC(O)(CC3CC=NN3c3ccccc3)CC2)c1. The summed E-state index contributed by atoms with van der Waals surface area (Å²) in [6.07, 6.45) is 7.90. The van der Waals surface area contributed by atoms with Crippen molar-refractivity contribution in [2.24, 2.45) is 12.1 Å². The molecule has 1 saturated heterocycles. The Morgan fingerprint density at radius 2 is 2.00 bits per heavy atom. The second-order valence-corrected chi connectivity index (χ2v) is 7.51. The van der Waals surface area contributed by atoms with E-state index in [1.165, 1.54) is 0 Å². The predicted molar refractivity (Wildman–Crippen MR) is 104 cm³/mol. The number of para-hydroxylation sites is 1. The first-order valence-electron chi connectivity index (χ1n) is 9.40. The lowest BCUT2D eigenvalue weighted by Gasteiger charge is -2.40. The average molecular weight is 367 g/mol. The fourth-order valence-electron chi connectivity index (χ4n) is 3.93. The third kappa shape index (κ3) is 3.73. The zero-order chi connectivity index (χ0) is 18.9. The number of benzene rings is 1. The molecule has 0 bridgehead atoms. The Balaban J connectivity index is 1.37. The summed E-state index contributed by atoms with van der Waals surface area (Å²) in [6.45, 7) is 1.09. The second kappa shape index (κ2) is 7.15. The summed E-state index contributed by atoms with van der Waals surface area (Å²) in [6, 6.07) is 10.2. The highest BCUT2D eigenvalue weighted by atomic mass is 16.3. The van der Waals surface area contributed by atoms with Crippen LogP contribution < -0.4 is 5.01 Å². The minimum Gasteiger partial charge on any atom is -0.390 e. The van der Waals surface area contributed by atoms with E-state index in [-0.39, 0.29) is 11.9 Å². The van der Waals surface area contributed by atoms with Gasteiger partial charge in [-0.05, 0) is 31.4 Å². The minimum atomic E-state index is -0.772. The highest BCUT2D eigenvalue weighted by molar-refractivity contribution is 5.92. The van der Waals surface area contributed by atoms with Crippen LogP contribution in [0.2, 0.25) is 0 Å². The molecule has 1 aromatic carbocycles. The third-order valence-electron chi connectivity index (χ3n) is 5.47. The molecule has 2 aliphatic heterocycles. The van der Waals surface area contributed by atoms with E-state index < -0.39 is 5.60 Å². The molecule has 2 aromatic rings. The van der Waals surface area contributed by atoms with Crippen molar-refractivity contribution in [1.82, 2.24) is 14.5 Å². The van der Waals surface area contributed by atoms with Gasteiger partial charge in [-0.25, -0.2) is 4.98 Å². The summed E-state index contributed by atoms with van der Waals surface area (Å²) in [5.74, 6) is -0.0623. The van der Waals surface area contributed by atoms with Crippen molar-refractivity contribution in [3.05, 3.63) is 48.5 Å². The Labute approximate surface area is 158 Å². The van der Waals surface area contributed by atoms with E-state index in [0.29, 0.717) is 38.0 Å². The maximum absolute atomic E-state index is 12.5. The van der Waals surface area contributed by atoms with E-state index in [1.54, 1.807) is 22.0 Å². The number of aromatic nitrogens is 2. The van der Waals surface area contributed by atoms with E-state index in [0.717, 1.165) is 12.1 Å². The van der Waals surface area contributed by atoms with Crippen LogP contribution in [0.25, 0.3) is 0 Å². The molecule has 0 aliphatic carbocycles. The average Bonchev–Trinajstić information content (AvgIpc) is 3.31. The number of hydrogen-bond donors (Lipinski definition) is 1. The minimum absolute atomic E-state index is 0.0623. The predicted octanol–water partition coefficient (Wildman–Crippen LogP) is 2.04. The number of rotatable bonds is 4. The Hall–Kier alpha value is -2.67. The maximum Gasteiger partial charge on any atom is 0.274 e. The monoisotopic (exact) mass is 367 g/mol. The van der Waals surface area contributed by atoms with Gasteiger partial charge in [0.25, 0.3) is 5.91 Å². The Morgan fingerprint density at radius 3 is 2.67 bits per heavy atom. The zero-order valence-corrected chi connectivity index (χ0v) is 15.5. The van der Waals surface area contributed by atoms with E-state index >= 15 is 0 Å². The molecule has 7 heteroatoms. The standard InChI is InChI=1S/C20H25N5O2/c1-23-14-18(21-15-23)19(26)24-11-8-20(27,9-12-24)13-17-7-10-22-25(17)16-5-3-2-4-6-16/h2-6,10,14-15,17,27H,7-9,11-13H2,1H3. The smallest absolute Gasteiger partial charge is 0.274 e. The molecule has 0 radical (unpaired) electrons. The van der Waals surface area contributed by atoms with Gasteiger partial charge in [-0.1, -0.05) is 18.2 Å². The topological polar surface area (TPSA) is 74.0 Å². The fraction of sp³-hybridized carbons (Fsp3) is 0.450. The lowest BCUT2D eigenvalue weighted by atomic mass is 9.84. The zero-order valence-electron chi connectivity index (χ0n) is 15.5. The Kier molecular flexibility index (Phi) is 4.70. The third-order valence-corrected chi connectivity index (χ3v) is 5.47. The van der Waals surface area contributed by atoms with Crippen LogP contribution in [0, 0.1) is 0 Å². The normalized spacial score (nSPS) is 21.6. The number of aryl methyl sites for hydroxylation is 1. The summed E-state index contributed by atoms with van der Waals surface area (Å²) >= 11 is 0. The second-order valence-electron chi connectivity index (χ2n) is 7.51. The van der Waals surface area contributed by atoms with Gasteiger partial charge in [0.05, 0.1) is 23.7 Å². The Bertz CT molecular complexity index is 824. The highest BCUT2D eigenvalue weighted by Gasteiger charge is 2.38. The van der Waals surface area contributed by atoms with Crippen molar-refractivity contribution in [2.75, 3.05) is 18.1 Å². The first kappa shape index (κ1) is 17.7. The summed E-state index contributed by atoms with van der Waals surface area (Å²) in [5, 5.41) is 17.6. The van der Waals surface area contributed by atoms with E-state index in [1.807, 2.05) is 48.6 Å². The largest absolute Gasteiger partial charge is 0.390 e. The number of aliphatic hydroxyl groups is 1. The molecule has 27 heavy (non-hydrogen) atoms. The van der Waals surface area contributed by atoms with Crippen molar-refractivity contribution in [3.8, 4) is 0 Å². The number of likely N-dealkylation sites (tertiary alicyclic amines) is 1. The summed E-state index contributed by atoms with van der Waals surface area (Å²) in [7, 11) is 1.85. The van der Waals surface area contributed by atoms with Crippen LogP contribution in [-0.4, -0.2) is 56.4 Å². The lowest BCUT2D eigenvalue weighted by molar-refractivity contribution is -0.0270. The molecule has 1 atom stereocenters. The Morgan fingerprint density at radius 1 is 1.26 bits per heavy atom. The molecule has 1 fully saturated rings. The molecule has 4 rings (SSSR count). The van der Waals surface area contributed by atoms with Crippen LogP contribution in [0.1, 0.15) is 36.2 Å². The quantitative estimate of drug-likeness (QED) is 0.897. The van der Waals surface area contributed by atoms with Gasteiger partial charge < -0.3 is 14.6 Å². The van der Waals surface area contributed by atoms with Gasteiger partial charge >= 0.3 is 0 Å². The van der Waals surface area contributed by atoms with Crippen LogP contribution in [0.4, 0.5) is 5.69 Å². The van der Waals surface area contributed by atoms with E-state index in [2.05, 4.69) is 10.1 Å². The number of carbonyl (C=O) groups excluding carboxylic acids is 1. The molecule has 0 saturated carbocycles. The number of hydrazone groups is 1. The number of amides is 1. The number of carbonyl (C=O) groups is 1. The molecule has 7 nitrogen and oxygen atoms in total. The van der Waals surface area contributed by atoms with E-state index in [4.69, 9.17) is 0 Å². The van der Waals surface area contributed by atoms with Gasteiger partial charge in [-0.3, -0.25) is 9.80 Å². The van der Waals surface area contributed by atoms with Crippen LogP contribution in [-0.2, 0) is 7.05 Å². The van der Waals surface area contributed by atoms with Crippen molar-refractivity contribution in [2.45, 2.75) is 37.3 Å². The van der Waals surface area contributed by atoms with Gasteiger partial charge in [-0.15, -0.1) is 0 Å². The number of piperidine rings is 1. The summed E-state index contributed by atoms with van der Waals surface area (Å²) in [4.78, 5) is 18.5. The van der Waals surface area contributed by atoms with Gasteiger partial charge in [0.15, 0.2) is 0 Å². The molecule has 1 aromatic heterocycles. The van der Waals surface area contributed by atoms with Crippen LogP contribution in [0.5, 0.6) is 0 Å². The van der Waals surface area contributed by atoms with Gasteiger partial charge in [0, 0.05) is 39.0 Å². The molecule has 1 amide bonds. The summed E-state index contributed by atoms with van der Waals surface area (Å²) < 4.78 is 1.77. The van der Waals surface area contributed by atoms with Gasteiger partial charge in [0.1, 0.15) is 5.69 Å². The van der Waals surface area contributed by atoms with Crippen molar-refractivity contribution >= 4 is 17.8 Å². The molecular weight excluding hydrogens is 342 g/mol. The van der Waals surface area contributed by atoms with Crippen molar-refractivity contribution in [3.63, 3.8) is 0 Å². The molecule has 0 spiro atoms. The number of imidazole rings is 1. The van der Waals surface area contributed by atoms with Crippen LogP contribution in [0.3, 0.4) is 0 Å². The molecule has 3 heterocycles. The summed E-state index contributed by atoms with van der Waals surface area (Å²) in [5.41, 5.74) is 0.733.